The van der Waals surface area contributed by atoms with Crippen molar-refractivity contribution in [1.82, 2.24) is 29.5 Å². The Kier molecular flexibility index (Phi) is 4.69. The van der Waals surface area contributed by atoms with Crippen molar-refractivity contribution in [2.45, 2.75) is 31.4 Å². The molecule has 0 aromatic carbocycles. The van der Waals surface area contributed by atoms with E-state index < -0.39 is 5.54 Å². The molecule has 1 fully saturated rings. The lowest BCUT2D eigenvalue weighted by atomic mass is 9.67. The monoisotopic (exact) mass is 424 g/mol. The number of nitriles is 2. The van der Waals surface area contributed by atoms with Crippen molar-refractivity contribution in [2.24, 2.45) is 13.0 Å². The van der Waals surface area contributed by atoms with Crippen LogP contribution in [-0.4, -0.2) is 34.6 Å². The van der Waals surface area contributed by atoms with E-state index in [9.17, 15) is 15.6 Å². The van der Waals surface area contributed by atoms with Gasteiger partial charge in [-0.2, -0.15) is 20.7 Å². The fraction of sp³-hybridized carbons (Fsp3) is 0.304. The predicted molar refractivity (Wildman–Crippen MR) is 115 cm³/mol. The Morgan fingerprint density at radius 3 is 2.84 bits per heavy atom. The summed E-state index contributed by atoms with van der Waals surface area (Å²) in [6.07, 6.45) is 6.80. The molecule has 0 saturated heterocycles. The zero-order chi connectivity index (χ0) is 22.3. The molecule has 1 aliphatic rings. The van der Waals surface area contributed by atoms with Gasteiger partial charge in [0.15, 0.2) is 0 Å². The lowest BCUT2D eigenvalue weighted by Gasteiger charge is -2.43. The molecule has 4 aromatic rings. The second-order valence-corrected chi connectivity index (χ2v) is 8.15. The highest BCUT2D eigenvalue weighted by Crippen LogP contribution is 2.46. The highest BCUT2D eigenvalue weighted by atomic mass is 16.3. The molecule has 0 aliphatic heterocycles. The Morgan fingerprint density at radius 1 is 1.25 bits per heavy atom. The average molecular weight is 424 g/mol. The van der Waals surface area contributed by atoms with Crippen LogP contribution in [0.25, 0.3) is 33.5 Å². The molecule has 0 bridgehead atoms. The standard InChI is InChI=1S/C23H20N8O/c1-30-21(14-32)17(13-27-30)20-9-19-16(3-2-7-26-19)22(28-20)18-4-8-31(29-18)23(5-6-24)10-15(11-23)12-25/h2-4,7-9,13,15,32H,5,10-11,14H2,1H3. The largest absolute Gasteiger partial charge is 0.390 e. The molecule has 4 heterocycles. The molecule has 0 atom stereocenters. The number of aryl methyl sites for hydroxylation is 1. The Morgan fingerprint density at radius 2 is 2.09 bits per heavy atom. The number of aliphatic hydroxyl groups is 1. The van der Waals surface area contributed by atoms with Gasteiger partial charge in [0.25, 0.3) is 0 Å². The second-order valence-electron chi connectivity index (χ2n) is 8.15. The summed E-state index contributed by atoms with van der Waals surface area (Å²) < 4.78 is 3.45. The van der Waals surface area contributed by atoms with Gasteiger partial charge in [-0.1, -0.05) is 0 Å². The van der Waals surface area contributed by atoms with E-state index >= 15 is 0 Å². The minimum Gasteiger partial charge on any atom is -0.390 e. The van der Waals surface area contributed by atoms with Crippen molar-refractivity contribution in [3.8, 4) is 34.8 Å². The summed E-state index contributed by atoms with van der Waals surface area (Å²) in [6.45, 7) is -0.158. The number of rotatable bonds is 5. The maximum Gasteiger partial charge on any atom is 0.111 e. The number of fused-ring (bicyclic) bond motifs is 1. The van der Waals surface area contributed by atoms with Gasteiger partial charge in [0.1, 0.15) is 11.4 Å². The molecule has 4 aromatic heterocycles. The van der Waals surface area contributed by atoms with Crippen molar-refractivity contribution in [3.63, 3.8) is 0 Å². The van der Waals surface area contributed by atoms with E-state index in [0.29, 0.717) is 42.0 Å². The van der Waals surface area contributed by atoms with Crippen molar-refractivity contribution in [1.29, 1.82) is 10.5 Å². The van der Waals surface area contributed by atoms with Gasteiger partial charge < -0.3 is 5.11 Å². The highest BCUT2D eigenvalue weighted by molar-refractivity contribution is 5.93. The normalized spacial score (nSPS) is 19.9. The number of pyridine rings is 2. The lowest BCUT2D eigenvalue weighted by Crippen LogP contribution is -2.46. The average Bonchev–Trinajstić information content (AvgIpc) is 3.42. The smallest absolute Gasteiger partial charge is 0.111 e. The van der Waals surface area contributed by atoms with Crippen molar-refractivity contribution < 1.29 is 5.11 Å². The first-order valence-corrected chi connectivity index (χ1v) is 10.3. The van der Waals surface area contributed by atoms with Gasteiger partial charge >= 0.3 is 0 Å². The van der Waals surface area contributed by atoms with Crippen LogP contribution in [0.1, 0.15) is 25.0 Å². The summed E-state index contributed by atoms with van der Waals surface area (Å²) in [5.41, 5.74) is 3.69. The van der Waals surface area contributed by atoms with Crippen molar-refractivity contribution >= 4 is 10.9 Å². The maximum absolute atomic E-state index is 9.80. The molecular formula is C23H20N8O. The van der Waals surface area contributed by atoms with E-state index in [0.717, 1.165) is 16.5 Å². The van der Waals surface area contributed by atoms with Crippen molar-refractivity contribution in [3.05, 3.63) is 48.5 Å². The summed E-state index contributed by atoms with van der Waals surface area (Å²) in [5.74, 6) is -0.0510. The molecule has 9 heteroatoms. The number of nitrogens with zero attached hydrogens (tertiary/aromatic N) is 8. The van der Waals surface area contributed by atoms with E-state index in [4.69, 9.17) is 10.1 Å². The third-order valence-corrected chi connectivity index (χ3v) is 6.25. The van der Waals surface area contributed by atoms with Crippen LogP contribution in [-0.2, 0) is 19.2 Å². The Bertz CT molecular complexity index is 1400. The van der Waals surface area contributed by atoms with Gasteiger partial charge in [-0.25, -0.2) is 4.98 Å². The van der Waals surface area contributed by atoms with E-state index in [1.807, 2.05) is 35.1 Å². The molecule has 1 saturated carbocycles. The van der Waals surface area contributed by atoms with Crippen LogP contribution >= 0.6 is 0 Å². The molecule has 158 valence electrons. The van der Waals surface area contributed by atoms with Crippen molar-refractivity contribution in [2.75, 3.05) is 0 Å². The fourth-order valence-electron chi connectivity index (χ4n) is 4.50. The van der Waals surface area contributed by atoms with Crippen LogP contribution in [0.15, 0.2) is 42.9 Å². The van der Waals surface area contributed by atoms with Gasteiger partial charge in [0.05, 0.1) is 59.7 Å². The van der Waals surface area contributed by atoms with Crippen LogP contribution < -0.4 is 0 Å². The van der Waals surface area contributed by atoms with E-state index in [-0.39, 0.29) is 12.5 Å². The number of aromatic nitrogens is 6. The minimum absolute atomic E-state index is 0.0510. The summed E-state index contributed by atoms with van der Waals surface area (Å²) in [5, 5.41) is 38.3. The van der Waals surface area contributed by atoms with E-state index in [1.165, 1.54) is 0 Å². The SMILES string of the molecule is Cn1ncc(-c2cc3ncccc3c(-c3ccn(C4(CC#N)CC(C#N)C4)n3)n2)c1CO. The van der Waals surface area contributed by atoms with Crippen LogP contribution in [0.4, 0.5) is 0 Å². The molecule has 0 spiro atoms. The van der Waals surface area contributed by atoms with Gasteiger partial charge in [0.2, 0.25) is 0 Å². The fourth-order valence-corrected chi connectivity index (χ4v) is 4.50. The Hall–Kier alpha value is -4.08. The van der Waals surface area contributed by atoms with E-state index in [2.05, 4.69) is 22.2 Å². The molecule has 0 unspecified atom stereocenters. The molecule has 0 radical (unpaired) electrons. The zero-order valence-electron chi connectivity index (χ0n) is 17.5. The first kappa shape index (κ1) is 19.9. The first-order chi connectivity index (χ1) is 15.6. The second kappa shape index (κ2) is 7.56. The topological polar surface area (TPSA) is 129 Å². The van der Waals surface area contributed by atoms with Gasteiger partial charge in [-0.05, 0) is 37.1 Å². The van der Waals surface area contributed by atoms with Crippen LogP contribution in [0.3, 0.4) is 0 Å². The van der Waals surface area contributed by atoms with Gasteiger partial charge in [0, 0.05) is 30.4 Å². The number of hydrogen-bond acceptors (Lipinski definition) is 7. The zero-order valence-corrected chi connectivity index (χ0v) is 17.5. The molecule has 9 nitrogen and oxygen atoms in total. The first-order valence-electron chi connectivity index (χ1n) is 10.3. The lowest BCUT2D eigenvalue weighted by molar-refractivity contribution is 0.0884. The quantitative estimate of drug-likeness (QED) is 0.521. The molecule has 1 N–H and O–H groups in total. The highest BCUT2D eigenvalue weighted by Gasteiger charge is 2.46. The predicted octanol–water partition coefficient (Wildman–Crippen LogP) is 2.93. The molecule has 0 amide bonds. The van der Waals surface area contributed by atoms with Gasteiger partial charge in [-0.15, -0.1) is 0 Å². The summed E-state index contributed by atoms with van der Waals surface area (Å²) in [7, 11) is 1.78. The molecule has 1 aliphatic carbocycles. The van der Waals surface area contributed by atoms with Crippen LogP contribution in [0.2, 0.25) is 0 Å². The number of aliphatic hydroxyl groups excluding tert-OH is 1. The summed E-state index contributed by atoms with van der Waals surface area (Å²) in [4.78, 5) is 9.39. The maximum atomic E-state index is 9.80. The Labute approximate surface area is 184 Å². The molecular weight excluding hydrogens is 404 g/mol. The number of hydrogen-bond donors (Lipinski definition) is 1. The van der Waals surface area contributed by atoms with E-state index in [1.54, 1.807) is 24.1 Å². The Balaban J connectivity index is 1.64. The third kappa shape index (κ3) is 3.03. The van der Waals surface area contributed by atoms with Gasteiger partial charge in [-0.3, -0.25) is 14.3 Å². The molecule has 32 heavy (non-hydrogen) atoms. The van der Waals surface area contributed by atoms with Crippen LogP contribution in [0.5, 0.6) is 0 Å². The van der Waals surface area contributed by atoms with Crippen LogP contribution in [0, 0.1) is 28.6 Å². The summed E-state index contributed by atoms with van der Waals surface area (Å²) in [6, 6.07) is 12.1. The molecule has 5 rings (SSSR count). The summed E-state index contributed by atoms with van der Waals surface area (Å²) >= 11 is 0. The minimum atomic E-state index is -0.452. The third-order valence-electron chi connectivity index (χ3n) is 6.25.